The standard InChI is InChI=1S/C12H20INO5/c1-10(2,3)9(15)19-7-5-18-12(14)8(16-4)6-17-11(7,12)13/h7-8H,5-6,14H2,1-4H3/t7-,8-,11+,12+/m0/s1. The summed E-state index contributed by atoms with van der Waals surface area (Å²) in [4.78, 5) is 12.0. The van der Waals surface area contributed by atoms with Gasteiger partial charge >= 0.3 is 5.97 Å². The van der Waals surface area contributed by atoms with Crippen LogP contribution in [0.5, 0.6) is 0 Å². The highest BCUT2D eigenvalue weighted by atomic mass is 127. The first-order chi connectivity index (χ1) is 8.65. The number of ether oxygens (including phenoxy) is 4. The summed E-state index contributed by atoms with van der Waals surface area (Å²) in [6, 6.07) is 0. The molecule has 2 aliphatic rings. The molecule has 2 saturated heterocycles. The van der Waals surface area contributed by atoms with E-state index in [-0.39, 0.29) is 18.7 Å². The Hall–Kier alpha value is 0.0400. The second kappa shape index (κ2) is 4.80. The summed E-state index contributed by atoms with van der Waals surface area (Å²) >= 11 is 2.07. The number of rotatable bonds is 2. The minimum absolute atomic E-state index is 0.209. The summed E-state index contributed by atoms with van der Waals surface area (Å²) in [6.45, 7) is 5.93. The van der Waals surface area contributed by atoms with Crippen molar-refractivity contribution >= 4 is 28.6 Å². The smallest absolute Gasteiger partial charge is 0.311 e. The van der Waals surface area contributed by atoms with Crippen LogP contribution in [-0.4, -0.2) is 47.8 Å². The van der Waals surface area contributed by atoms with E-state index in [1.165, 1.54) is 0 Å². The van der Waals surface area contributed by atoms with Crippen LogP contribution in [0.15, 0.2) is 0 Å². The highest BCUT2D eigenvalue weighted by Crippen LogP contribution is 2.50. The predicted octanol–water partition coefficient (Wildman–Crippen LogP) is 0.806. The van der Waals surface area contributed by atoms with Gasteiger partial charge in [-0.3, -0.25) is 10.5 Å². The number of alkyl halides is 1. The van der Waals surface area contributed by atoms with Gasteiger partial charge in [0.25, 0.3) is 0 Å². The van der Waals surface area contributed by atoms with Gasteiger partial charge in [0.15, 0.2) is 11.8 Å². The zero-order valence-corrected chi connectivity index (χ0v) is 13.7. The number of halogens is 1. The number of hydrogen-bond donors (Lipinski definition) is 1. The van der Waals surface area contributed by atoms with E-state index in [1.54, 1.807) is 27.9 Å². The topological polar surface area (TPSA) is 80.0 Å². The van der Waals surface area contributed by atoms with Crippen LogP contribution in [0.1, 0.15) is 20.8 Å². The van der Waals surface area contributed by atoms with E-state index in [1.807, 2.05) is 0 Å². The number of fused-ring (bicyclic) bond motifs is 1. The van der Waals surface area contributed by atoms with Crippen molar-refractivity contribution in [1.82, 2.24) is 0 Å². The molecule has 0 radical (unpaired) electrons. The SMILES string of the molecule is CO[C@H]1CO[C@]2(I)[C@@H](OC(=O)C(C)(C)C)CO[C@]12N. The Kier molecular flexibility index (Phi) is 3.90. The van der Waals surface area contributed by atoms with Gasteiger partial charge < -0.3 is 18.9 Å². The molecule has 0 spiro atoms. The molecule has 2 aliphatic heterocycles. The average Bonchev–Trinajstić information content (AvgIpc) is 2.69. The fraction of sp³-hybridized carbons (Fsp3) is 0.917. The number of esters is 1. The molecule has 4 atom stereocenters. The first kappa shape index (κ1) is 15.4. The van der Waals surface area contributed by atoms with Gasteiger partial charge in [-0.05, 0) is 43.4 Å². The fourth-order valence-electron chi connectivity index (χ4n) is 2.17. The first-order valence-electron chi connectivity index (χ1n) is 6.15. The molecule has 0 unspecified atom stereocenters. The van der Waals surface area contributed by atoms with Crippen LogP contribution in [0, 0.1) is 5.41 Å². The normalized spacial score (nSPS) is 42.2. The van der Waals surface area contributed by atoms with E-state index >= 15 is 0 Å². The third-order valence-corrected chi connectivity index (χ3v) is 5.34. The van der Waals surface area contributed by atoms with Crippen molar-refractivity contribution in [2.24, 2.45) is 11.1 Å². The van der Waals surface area contributed by atoms with E-state index in [4.69, 9.17) is 24.7 Å². The van der Waals surface area contributed by atoms with E-state index < -0.39 is 20.9 Å². The molecule has 0 aromatic heterocycles. The Morgan fingerprint density at radius 1 is 1.32 bits per heavy atom. The van der Waals surface area contributed by atoms with Crippen molar-refractivity contribution in [1.29, 1.82) is 0 Å². The van der Waals surface area contributed by atoms with Gasteiger partial charge in [-0.2, -0.15) is 0 Å². The van der Waals surface area contributed by atoms with Crippen molar-refractivity contribution in [2.75, 3.05) is 20.3 Å². The molecule has 110 valence electrons. The number of methoxy groups -OCH3 is 1. The zero-order chi connectivity index (χ0) is 14.5. The third kappa shape index (κ3) is 2.29. The summed E-state index contributed by atoms with van der Waals surface area (Å²) in [5.74, 6) is -0.300. The average molecular weight is 385 g/mol. The summed E-state index contributed by atoms with van der Waals surface area (Å²) in [5, 5.41) is 0. The Balaban J connectivity index is 2.17. The first-order valence-corrected chi connectivity index (χ1v) is 7.22. The molecule has 7 heteroatoms. The second-order valence-corrected chi connectivity index (χ2v) is 7.53. The van der Waals surface area contributed by atoms with Crippen molar-refractivity contribution in [3.63, 3.8) is 0 Å². The largest absolute Gasteiger partial charge is 0.455 e. The monoisotopic (exact) mass is 385 g/mol. The Labute approximate surface area is 126 Å². The number of carbonyl (C=O) groups is 1. The molecular formula is C12H20INO5. The van der Waals surface area contributed by atoms with Crippen molar-refractivity contribution in [3.8, 4) is 0 Å². The van der Waals surface area contributed by atoms with E-state index in [2.05, 4.69) is 22.6 Å². The maximum atomic E-state index is 12.0. The van der Waals surface area contributed by atoms with Gasteiger partial charge in [0, 0.05) is 7.11 Å². The number of carbonyl (C=O) groups excluding carboxylic acids is 1. The molecule has 19 heavy (non-hydrogen) atoms. The lowest BCUT2D eigenvalue weighted by molar-refractivity contribution is -0.164. The van der Waals surface area contributed by atoms with Crippen LogP contribution in [0.3, 0.4) is 0 Å². The summed E-state index contributed by atoms with van der Waals surface area (Å²) < 4.78 is 21.3. The quantitative estimate of drug-likeness (QED) is 0.431. The van der Waals surface area contributed by atoms with Crippen LogP contribution in [-0.2, 0) is 23.7 Å². The molecule has 2 fully saturated rings. The Morgan fingerprint density at radius 3 is 2.42 bits per heavy atom. The maximum Gasteiger partial charge on any atom is 0.311 e. The molecule has 0 saturated carbocycles. The van der Waals surface area contributed by atoms with Crippen LogP contribution in [0.25, 0.3) is 0 Å². The van der Waals surface area contributed by atoms with Gasteiger partial charge in [-0.15, -0.1) is 0 Å². The Bertz CT molecular complexity index is 385. The molecule has 6 nitrogen and oxygen atoms in total. The van der Waals surface area contributed by atoms with Crippen LogP contribution >= 0.6 is 22.6 Å². The lowest BCUT2D eigenvalue weighted by atomic mass is 9.97. The number of hydrogen-bond acceptors (Lipinski definition) is 6. The maximum absolute atomic E-state index is 12.0. The van der Waals surface area contributed by atoms with E-state index in [0.29, 0.717) is 6.61 Å². The fourth-order valence-corrected chi connectivity index (χ4v) is 3.16. The molecule has 2 rings (SSSR count). The minimum Gasteiger partial charge on any atom is -0.455 e. The van der Waals surface area contributed by atoms with Crippen molar-refractivity contribution < 1.29 is 23.7 Å². The summed E-state index contributed by atoms with van der Waals surface area (Å²) in [5.41, 5.74) is 4.59. The van der Waals surface area contributed by atoms with Crippen LogP contribution < -0.4 is 5.73 Å². The van der Waals surface area contributed by atoms with Gasteiger partial charge in [-0.1, -0.05) is 0 Å². The van der Waals surface area contributed by atoms with Gasteiger partial charge in [0.2, 0.25) is 3.61 Å². The molecule has 0 bridgehead atoms. The zero-order valence-electron chi connectivity index (χ0n) is 11.6. The number of nitrogens with two attached hydrogens (primary N) is 1. The van der Waals surface area contributed by atoms with Gasteiger partial charge in [0.1, 0.15) is 6.10 Å². The summed E-state index contributed by atoms with van der Waals surface area (Å²) in [6.07, 6.45) is -0.910. The highest BCUT2D eigenvalue weighted by molar-refractivity contribution is 14.1. The van der Waals surface area contributed by atoms with Crippen molar-refractivity contribution in [3.05, 3.63) is 0 Å². The molecule has 0 amide bonds. The summed E-state index contributed by atoms with van der Waals surface area (Å²) in [7, 11) is 1.56. The predicted molar refractivity (Wildman–Crippen MR) is 75.7 cm³/mol. The molecule has 2 heterocycles. The van der Waals surface area contributed by atoms with E-state index in [9.17, 15) is 4.79 Å². The minimum atomic E-state index is -1.09. The molecule has 0 aromatic carbocycles. The molecule has 0 aliphatic carbocycles. The van der Waals surface area contributed by atoms with E-state index in [0.717, 1.165) is 0 Å². The van der Waals surface area contributed by atoms with Gasteiger partial charge in [0.05, 0.1) is 18.6 Å². The van der Waals surface area contributed by atoms with Crippen LogP contribution in [0.4, 0.5) is 0 Å². The highest BCUT2D eigenvalue weighted by Gasteiger charge is 2.70. The Morgan fingerprint density at radius 2 is 1.89 bits per heavy atom. The lowest BCUT2D eigenvalue weighted by Gasteiger charge is -2.34. The van der Waals surface area contributed by atoms with Crippen LogP contribution in [0.2, 0.25) is 0 Å². The lowest BCUT2D eigenvalue weighted by Crippen LogP contribution is -2.61. The third-order valence-electron chi connectivity index (χ3n) is 3.49. The molecule has 2 N–H and O–H groups in total. The second-order valence-electron chi connectivity index (χ2n) is 5.93. The molecular weight excluding hydrogens is 365 g/mol. The van der Waals surface area contributed by atoms with Crippen molar-refractivity contribution in [2.45, 2.75) is 42.3 Å². The van der Waals surface area contributed by atoms with Gasteiger partial charge in [-0.25, -0.2) is 0 Å². The molecule has 0 aromatic rings.